The summed E-state index contributed by atoms with van der Waals surface area (Å²) in [6.07, 6.45) is -3.60. The number of fused-ring (bicyclic) bond motifs is 1. The highest BCUT2D eigenvalue weighted by Gasteiger charge is 2.35. The predicted octanol–water partition coefficient (Wildman–Crippen LogP) is 1.08. The average molecular weight is 204 g/mol. The van der Waals surface area contributed by atoms with Crippen LogP contribution in [0.4, 0.5) is 13.2 Å². The third-order valence-electron chi connectivity index (χ3n) is 1.53. The van der Waals surface area contributed by atoms with Crippen LogP contribution < -0.4 is 0 Å². The number of nitrogens with one attached hydrogen (secondary N) is 1. The molecule has 2 aromatic rings. The Morgan fingerprint density at radius 3 is 2.64 bits per heavy atom. The second kappa shape index (κ2) is 2.56. The maximum atomic E-state index is 12.1. The maximum Gasteiger partial charge on any atom is 0.451 e. The first kappa shape index (κ1) is 8.73. The number of aromatic amines is 1. The molecule has 2 rings (SSSR count). The second-order valence-electron chi connectivity index (χ2n) is 2.50. The predicted molar refractivity (Wildman–Crippen MR) is 38.4 cm³/mol. The summed E-state index contributed by atoms with van der Waals surface area (Å²) in [4.78, 5) is 6.07. The summed E-state index contributed by atoms with van der Waals surface area (Å²) >= 11 is 0. The highest BCUT2D eigenvalue weighted by Crippen LogP contribution is 2.29. The minimum absolute atomic E-state index is 0.0157. The van der Waals surface area contributed by atoms with Crippen LogP contribution in [0, 0.1) is 0 Å². The molecule has 0 saturated carbocycles. The Labute approximate surface area is 74.6 Å². The number of hydrogen-bond acceptors (Lipinski definition) is 4. The first-order valence-electron chi connectivity index (χ1n) is 3.46. The zero-order valence-corrected chi connectivity index (χ0v) is 6.50. The van der Waals surface area contributed by atoms with Gasteiger partial charge in [0, 0.05) is 0 Å². The molecule has 0 amide bonds. The number of alkyl halides is 3. The van der Waals surface area contributed by atoms with Crippen LogP contribution in [0.2, 0.25) is 0 Å². The van der Waals surface area contributed by atoms with Gasteiger partial charge >= 0.3 is 6.18 Å². The lowest BCUT2D eigenvalue weighted by molar-refractivity contribution is -0.145. The van der Waals surface area contributed by atoms with Gasteiger partial charge in [-0.3, -0.25) is 5.10 Å². The zero-order chi connectivity index (χ0) is 10.3. The quantitative estimate of drug-likeness (QED) is 0.673. The standard InChI is InChI=1S/C6H3F3N4O/c7-6(8,9)5-11-2-1-10-13-3(2)4(14)12-5/h1H,(H,10,13)(H,11,12,14). The van der Waals surface area contributed by atoms with Gasteiger partial charge in [0.15, 0.2) is 0 Å². The van der Waals surface area contributed by atoms with Gasteiger partial charge in [0.1, 0.15) is 11.0 Å². The maximum absolute atomic E-state index is 12.1. The Kier molecular flexibility index (Phi) is 1.60. The highest BCUT2D eigenvalue weighted by atomic mass is 19.4. The lowest BCUT2D eigenvalue weighted by Crippen LogP contribution is -2.10. The van der Waals surface area contributed by atoms with Crippen molar-refractivity contribution in [2.24, 2.45) is 0 Å². The lowest BCUT2D eigenvalue weighted by Gasteiger charge is -2.04. The molecule has 0 aromatic carbocycles. The van der Waals surface area contributed by atoms with Crippen molar-refractivity contribution >= 4 is 11.0 Å². The van der Waals surface area contributed by atoms with Gasteiger partial charge in [0.05, 0.1) is 6.20 Å². The number of H-pyrrole nitrogens is 1. The van der Waals surface area contributed by atoms with E-state index < -0.39 is 17.9 Å². The fourth-order valence-corrected chi connectivity index (χ4v) is 0.951. The molecule has 0 spiro atoms. The number of aromatic nitrogens is 4. The number of halogens is 3. The van der Waals surface area contributed by atoms with Crippen molar-refractivity contribution in [3.63, 3.8) is 0 Å². The normalized spacial score (nSPS) is 12.2. The molecule has 2 N–H and O–H groups in total. The Morgan fingerprint density at radius 2 is 2.00 bits per heavy atom. The van der Waals surface area contributed by atoms with Crippen LogP contribution >= 0.6 is 0 Å². The topological polar surface area (TPSA) is 74.7 Å². The van der Waals surface area contributed by atoms with E-state index >= 15 is 0 Å². The molecule has 0 atom stereocenters. The highest BCUT2D eigenvalue weighted by molar-refractivity contribution is 5.77. The van der Waals surface area contributed by atoms with Crippen molar-refractivity contribution < 1.29 is 18.3 Å². The van der Waals surface area contributed by atoms with Crippen LogP contribution in [0.3, 0.4) is 0 Å². The van der Waals surface area contributed by atoms with E-state index in [4.69, 9.17) is 5.11 Å². The van der Waals surface area contributed by atoms with E-state index in [1.165, 1.54) is 0 Å². The number of rotatable bonds is 0. The van der Waals surface area contributed by atoms with Crippen LogP contribution in [0.1, 0.15) is 5.82 Å². The molecule has 5 nitrogen and oxygen atoms in total. The largest absolute Gasteiger partial charge is 0.492 e. The summed E-state index contributed by atoms with van der Waals surface area (Å²) in [5.74, 6) is -2.15. The van der Waals surface area contributed by atoms with Crippen LogP contribution in [-0.4, -0.2) is 25.3 Å². The van der Waals surface area contributed by atoms with E-state index in [1.54, 1.807) is 0 Å². The molecule has 2 heterocycles. The third kappa shape index (κ3) is 1.24. The van der Waals surface area contributed by atoms with Crippen LogP contribution in [0.15, 0.2) is 6.20 Å². The summed E-state index contributed by atoms with van der Waals surface area (Å²) in [5.41, 5.74) is -0.0946. The van der Waals surface area contributed by atoms with E-state index in [-0.39, 0.29) is 11.0 Å². The molecule has 2 aromatic heterocycles. The van der Waals surface area contributed by atoms with Crippen LogP contribution in [-0.2, 0) is 6.18 Å². The van der Waals surface area contributed by atoms with Gasteiger partial charge in [-0.15, -0.1) is 0 Å². The van der Waals surface area contributed by atoms with Gasteiger partial charge in [0.25, 0.3) is 0 Å². The Morgan fingerprint density at radius 1 is 1.29 bits per heavy atom. The molecule has 0 fully saturated rings. The molecular formula is C6H3F3N4O. The monoisotopic (exact) mass is 204 g/mol. The minimum atomic E-state index is -4.68. The first-order valence-corrected chi connectivity index (χ1v) is 3.46. The molecule has 0 aliphatic heterocycles. The van der Waals surface area contributed by atoms with Crippen molar-refractivity contribution in [3.05, 3.63) is 12.0 Å². The van der Waals surface area contributed by atoms with Gasteiger partial charge in [-0.1, -0.05) is 0 Å². The molecule has 0 radical (unpaired) electrons. The molecule has 0 aliphatic carbocycles. The minimum Gasteiger partial charge on any atom is -0.492 e. The Hall–Kier alpha value is -1.86. The van der Waals surface area contributed by atoms with Gasteiger partial charge in [0.2, 0.25) is 11.7 Å². The van der Waals surface area contributed by atoms with Crippen molar-refractivity contribution in [2.45, 2.75) is 6.18 Å². The molecule has 14 heavy (non-hydrogen) atoms. The van der Waals surface area contributed by atoms with Crippen molar-refractivity contribution in [2.75, 3.05) is 0 Å². The van der Waals surface area contributed by atoms with Gasteiger partial charge in [-0.25, -0.2) is 4.98 Å². The van der Waals surface area contributed by atoms with Crippen molar-refractivity contribution in [1.29, 1.82) is 0 Å². The molecular weight excluding hydrogens is 201 g/mol. The van der Waals surface area contributed by atoms with Gasteiger partial charge in [-0.05, 0) is 0 Å². The Balaban J connectivity index is 2.70. The third-order valence-corrected chi connectivity index (χ3v) is 1.53. The fraction of sp³-hybridized carbons (Fsp3) is 0.167. The summed E-state index contributed by atoms with van der Waals surface area (Å²) in [5, 5.41) is 14.8. The summed E-state index contributed by atoms with van der Waals surface area (Å²) in [7, 11) is 0. The SMILES string of the molecule is Oc1nc(C(F)(F)F)nc2cn[nH]c12. The van der Waals surface area contributed by atoms with E-state index in [2.05, 4.69) is 20.2 Å². The van der Waals surface area contributed by atoms with Gasteiger partial charge < -0.3 is 5.11 Å². The van der Waals surface area contributed by atoms with E-state index in [1.807, 2.05) is 0 Å². The number of hydrogen-bond donors (Lipinski definition) is 2. The van der Waals surface area contributed by atoms with Crippen LogP contribution in [0.25, 0.3) is 11.0 Å². The summed E-state index contributed by atoms with van der Waals surface area (Å²) in [6, 6.07) is 0. The van der Waals surface area contributed by atoms with E-state index in [0.29, 0.717) is 0 Å². The molecule has 0 saturated heterocycles. The average Bonchev–Trinajstić information content (AvgIpc) is 2.50. The van der Waals surface area contributed by atoms with Gasteiger partial charge in [-0.2, -0.15) is 23.3 Å². The number of nitrogens with zero attached hydrogens (tertiary/aromatic N) is 3. The molecule has 0 bridgehead atoms. The second-order valence-corrected chi connectivity index (χ2v) is 2.50. The molecule has 8 heteroatoms. The van der Waals surface area contributed by atoms with Crippen molar-refractivity contribution in [3.8, 4) is 5.88 Å². The Bertz CT molecular complexity index is 477. The molecule has 0 unspecified atom stereocenters. The first-order chi connectivity index (χ1) is 6.48. The fourth-order valence-electron chi connectivity index (χ4n) is 0.951. The lowest BCUT2D eigenvalue weighted by atomic mass is 10.4. The van der Waals surface area contributed by atoms with E-state index in [9.17, 15) is 13.2 Å². The van der Waals surface area contributed by atoms with E-state index in [0.717, 1.165) is 6.20 Å². The number of aromatic hydroxyl groups is 1. The summed E-state index contributed by atoms with van der Waals surface area (Å²) < 4.78 is 36.4. The zero-order valence-electron chi connectivity index (χ0n) is 6.50. The van der Waals surface area contributed by atoms with Crippen molar-refractivity contribution in [1.82, 2.24) is 20.2 Å². The van der Waals surface area contributed by atoms with Crippen LogP contribution in [0.5, 0.6) is 5.88 Å². The molecule has 0 aliphatic rings. The smallest absolute Gasteiger partial charge is 0.451 e. The summed E-state index contributed by atoms with van der Waals surface area (Å²) in [6.45, 7) is 0. The molecule has 74 valence electrons.